The van der Waals surface area contributed by atoms with Crippen LogP contribution in [-0.4, -0.2) is 20.9 Å². The number of halogens is 5. The predicted molar refractivity (Wildman–Crippen MR) is 78.3 cm³/mol. The fraction of sp³-hybridized carbons (Fsp3) is 0.0625. The largest absolute Gasteiger partial charge is 0.476 e. The average molecular weight is 370 g/mol. The van der Waals surface area contributed by atoms with Crippen molar-refractivity contribution < 1.29 is 31.9 Å². The van der Waals surface area contributed by atoms with Crippen molar-refractivity contribution >= 4 is 16.7 Å². The number of carboxylic acid groups (broad SMARTS) is 1. The summed E-state index contributed by atoms with van der Waals surface area (Å²) in [5.41, 5.74) is -2.86. The van der Waals surface area contributed by atoms with Crippen molar-refractivity contribution in [2.75, 3.05) is 0 Å². The van der Waals surface area contributed by atoms with E-state index in [2.05, 4.69) is 5.10 Å². The van der Waals surface area contributed by atoms with Crippen LogP contribution in [0.4, 0.5) is 22.0 Å². The van der Waals surface area contributed by atoms with Crippen molar-refractivity contribution in [1.29, 1.82) is 0 Å². The number of hydrogen-bond acceptors (Lipinski definition) is 3. The van der Waals surface area contributed by atoms with Crippen LogP contribution in [0, 0.1) is 29.1 Å². The Morgan fingerprint density at radius 2 is 1.42 bits per heavy atom. The average Bonchev–Trinajstić information content (AvgIpc) is 2.63. The Hall–Kier alpha value is -3.30. The molecule has 3 aromatic rings. The lowest BCUT2D eigenvalue weighted by Crippen LogP contribution is -2.27. The number of rotatable bonds is 3. The maximum absolute atomic E-state index is 13.8. The summed E-state index contributed by atoms with van der Waals surface area (Å²) in [6.45, 7) is -1.14. The van der Waals surface area contributed by atoms with Gasteiger partial charge < -0.3 is 5.11 Å². The highest BCUT2D eigenvalue weighted by Gasteiger charge is 2.27. The molecule has 0 aliphatic heterocycles. The summed E-state index contributed by atoms with van der Waals surface area (Å²) in [5.74, 6) is -12.5. The molecule has 1 aromatic heterocycles. The maximum Gasteiger partial charge on any atom is 0.357 e. The first-order valence-electron chi connectivity index (χ1n) is 6.97. The van der Waals surface area contributed by atoms with Gasteiger partial charge in [0.2, 0.25) is 5.82 Å². The quantitative estimate of drug-likeness (QED) is 0.437. The van der Waals surface area contributed by atoms with Crippen LogP contribution in [0.3, 0.4) is 0 Å². The minimum absolute atomic E-state index is 0.0290. The molecule has 0 radical (unpaired) electrons. The van der Waals surface area contributed by atoms with Gasteiger partial charge >= 0.3 is 5.97 Å². The summed E-state index contributed by atoms with van der Waals surface area (Å²) in [6, 6.07) is 5.42. The number of nitrogens with zero attached hydrogens (tertiary/aromatic N) is 2. The molecule has 134 valence electrons. The summed E-state index contributed by atoms with van der Waals surface area (Å²) >= 11 is 0. The Morgan fingerprint density at radius 1 is 0.923 bits per heavy atom. The van der Waals surface area contributed by atoms with Gasteiger partial charge in [-0.15, -0.1) is 0 Å². The fourth-order valence-corrected chi connectivity index (χ4v) is 2.44. The standard InChI is InChI=1S/C16H7F5N2O3/c17-9-8(10(18)12(20)13(21)11(9)19)5-23-15(24)7-4-2-1-3-6(7)14(22-23)16(25)26/h1-4H,5H2,(H,25,26). The third-order valence-electron chi connectivity index (χ3n) is 3.68. The van der Waals surface area contributed by atoms with Gasteiger partial charge in [0.05, 0.1) is 17.5 Å². The van der Waals surface area contributed by atoms with E-state index in [0.29, 0.717) is 4.68 Å². The second-order valence-electron chi connectivity index (χ2n) is 5.21. The Labute approximate surface area is 140 Å². The van der Waals surface area contributed by atoms with E-state index in [1.165, 1.54) is 24.3 Å². The van der Waals surface area contributed by atoms with Crippen LogP contribution in [0.2, 0.25) is 0 Å². The number of fused-ring (bicyclic) bond motifs is 1. The molecule has 0 unspecified atom stereocenters. The lowest BCUT2D eigenvalue weighted by molar-refractivity contribution is 0.0690. The Balaban J connectivity index is 2.28. The Kier molecular flexibility index (Phi) is 4.18. The van der Waals surface area contributed by atoms with E-state index in [-0.39, 0.29) is 10.8 Å². The van der Waals surface area contributed by atoms with Gasteiger partial charge in [0.25, 0.3) is 5.56 Å². The highest BCUT2D eigenvalue weighted by Crippen LogP contribution is 2.23. The number of benzene rings is 2. The van der Waals surface area contributed by atoms with Crippen molar-refractivity contribution in [2.24, 2.45) is 0 Å². The summed E-state index contributed by atoms with van der Waals surface area (Å²) in [6.07, 6.45) is 0. The molecule has 0 aliphatic rings. The zero-order valence-electron chi connectivity index (χ0n) is 12.6. The van der Waals surface area contributed by atoms with E-state index in [1.807, 2.05) is 0 Å². The number of aromatic nitrogens is 2. The zero-order chi connectivity index (χ0) is 19.2. The van der Waals surface area contributed by atoms with Crippen LogP contribution >= 0.6 is 0 Å². The molecule has 0 aliphatic carbocycles. The molecular weight excluding hydrogens is 363 g/mol. The SMILES string of the molecule is O=C(O)c1nn(Cc2c(F)c(F)c(F)c(F)c2F)c(=O)c2ccccc12. The van der Waals surface area contributed by atoms with Gasteiger partial charge in [0.15, 0.2) is 29.0 Å². The van der Waals surface area contributed by atoms with Gasteiger partial charge in [-0.25, -0.2) is 31.4 Å². The molecule has 10 heteroatoms. The van der Waals surface area contributed by atoms with Crippen molar-refractivity contribution in [3.8, 4) is 0 Å². The molecule has 1 heterocycles. The minimum atomic E-state index is -2.34. The van der Waals surface area contributed by atoms with E-state index < -0.39 is 58.4 Å². The Morgan fingerprint density at radius 3 is 1.96 bits per heavy atom. The van der Waals surface area contributed by atoms with Gasteiger partial charge in [0.1, 0.15) is 0 Å². The van der Waals surface area contributed by atoms with Gasteiger partial charge in [-0.1, -0.05) is 18.2 Å². The second-order valence-corrected chi connectivity index (χ2v) is 5.21. The first-order valence-corrected chi connectivity index (χ1v) is 6.97. The maximum atomic E-state index is 13.8. The number of carbonyl (C=O) groups is 1. The smallest absolute Gasteiger partial charge is 0.357 e. The third kappa shape index (κ3) is 2.59. The molecule has 0 amide bonds. The normalized spacial score (nSPS) is 11.1. The molecule has 0 bridgehead atoms. The van der Waals surface area contributed by atoms with Crippen LogP contribution in [0.15, 0.2) is 29.1 Å². The Bertz CT molecular complexity index is 1100. The van der Waals surface area contributed by atoms with Crippen molar-refractivity contribution in [3.63, 3.8) is 0 Å². The van der Waals surface area contributed by atoms with Gasteiger partial charge in [-0.05, 0) is 6.07 Å². The van der Waals surface area contributed by atoms with Gasteiger partial charge in [0, 0.05) is 5.39 Å². The summed E-state index contributed by atoms with van der Waals surface area (Å²) in [4.78, 5) is 23.7. The highest BCUT2D eigenvalue weighted by molar-refractivity contribution is 6.01. The first kappa shape index (κ1) is 17.5. The van der Waals surface area contributed by atoms with Crippen LogP contribution in [0.1, 0.15) is 16.1 Å². The van der Waals surface area contributed by atoms with Crippen molar-refractivity contribution in [1.82, 2.24) is 9.78 Å². The molecule has 0 fully saturated rings. The lowest BCUT2D eigenvalue weighted by Gasteiger charge is -2.11. The molecule has 5 nitrogen and oxygen atoms in total. The van der Waals surface area contributed by atoms with E-state index >= 15 is 0 Å². The zero-order valence-corrected chi connectivity index (χ0v) is 12.6. The topological polar surface area (TPSA) is 72.2 Å². The molecular formula is C16H7F5N2O3. The predicted octanol–water partition coefficient (Wildman–Crippen LogP) is 2.84. The highest BCUT2D eigenvalue weighted by atomic mass is 19.2. The number of hydrogen-bond donors (Lipinski definition) is 1. The number of carboxylic acids is 1. The molecule has 0 atom stereocenters. The third-order valence-corrected chi connectivity index (χ3v) is 3.68. The molecule has 2 aromatic carbocycles. The second kappa shape index (κ2) is 6.21. The van der Waals surface area contributed by atoms with Crippen LogP contribution in [-0.2, 0) is 6.54 Å². The molecule has 0 saturated heterocycles. The number of aromatic carboxylic acids is 1. The lowest BCUT2D eigenvalue weighted by atomic mass is 10.1. The van der Waals surface area contributed by atoms with E-state index in [4.69, 9.17) is 0 Å². The summed E-state index contributed by atoms with van der Waals surface area (Å²) in [7, 11) is 0. The van der Waals surface area contributed by atoms with E-state index in [9.17, 15) is 36.6 Å². The minimum Gasteiger partial charge on any atom is -0.476 e. The van der Waals surface area contributed by atoms with Crippen LogP contribution < -0.4 is 5.56 Å². The van der Waals surface area contributed by atoms with Crippen LogP contribution in [0.25, 0.3) is 10.8 Å². The first-order chi connectivity index (χ1) is 12.2. The van der Waals surface area contributed by atoms with Crippen molar-refractivity contribution in [2.45, 2.75) is 6.54 Å². The molecule has 26 heavy (non-hydrogen) atoms. The molecule has 3 rings (SSSR count). The molecule has 0 spiro atoms. The van der Waals surface area contributed by atoms with Gasteiger partial charge in [-0.2, -0.15) is 5.10 Å². The monoisotopic (exact) mass is 370 g/mol. The summed E-state index contributed by atoms with van der Waals surface area (Å²) in [5, 5.41) is 12.5. The van der Waals surface area contributed by atoms with Gasteiger partial charge in [-0.3, -0.25) is 4.79 Å². The van der Waals surface area contributed by atoms with Crippen molar-refractivity contribution in [3.05, 3.63) is 75.0 Å². The van der Waals surface area contributed by atoms with E-state index in [0.717, 1.165) is 0 Å². The fourth-order valence-electron chi connectivity index (χ4n) is 2.44. The molecule has 1 N–H and O–H groups in total. The summed E-state index contributed by atoms with van der Waals surface area (Å²) < 4.78 is 67.7. The van der Waals surface area contributed by atoms with E-state index in [1.54, 1.807) is 0 Å². The van der Waals surface area contributed by atoms with Crippen LogP contribution in [0.5, 0.6) is 0 Å². The molecule has 0 saturated carbocycles.